The summed E-state index contributed by atoms with van der Waals surface area (Å²) in [7, 11) is 0. The van der Waals surface area contributed by atoms with Gasteiger partial charge < -0.3 is 0 Å². The van der Waals surface area contributed by atoms with Crippen molar-refractivity contribution >= 4 is 5.78 Å². The summed E-state index contributed by atoms with van der Waals surface area (Å²) in [5, 5.41) is 12.2. The summed E-state index contributed by atoms with van der Waals surface area (Å²) in [6.07, 6.45) is 2.40. The number of Topliss-reactive ketones (excluding diaryl/α,β-unsaturated/α-hetero) is 1. The zero-order valence-electron chi connectivity index (χ0n) is 12.3. The van der Waals surface area contributed by atoms with Crippen LogP contribution in [0.15, 0.2) is 12.4 Å². The molecule has 0 unspecified atom stereocenters. The highest BCUT2D eigenvalue weighted by atomic mass is 16.1. The first kappa shape index (κ1) is 14.3. The van der Waals surface area contributed by atoms with Crippen LogP contribution in [0.2, 0.25) is 0 Å². The van der Waals surface area contributed by atoms with E-state index in [4.69, 9.17) is 0 Å². The molecule has 2 aromatic heterocycles. The van der Waals surface area contributed by atoms with Crippen molar-refractivity contribution in [1.29, 1.82) is 0 Å². The SMILES string of the molecule is CCc1nnc(C)cc1C(=O)Cc1ncnn1C(C)C. The van der Waals surface area contributed by atoms with E-state index < -0.39 is 0 Å². The summed E-state index contributed by atoms with van der Waals surface area (Å²) < 4.78 is 1.77. The molecule has 0 N–H and O–H groups in total. The summed E-state index contributed by atoms with van der Waals surface area (Å²) in [5.41, 5.74) is 2.12. The zero-order valence-corrected chi connectivity index (χ0v) is 12.3. The first-order valence-corrected chi connectivity index (χ1v) is 6.77. The largest absolute Gasteiger partial charge is 0.294 e. The summed E-state index contributed by atoms with van der Waals surface area (Å²) >= 11 is 0. The van der Waals surface area contributed by atoms with Crippen LogP contribution in [0.1, 0.15) is 54.4 Å². The Bertz CT molecular complexity index is 618. The Morgan fingerprint density at radius 1 is 1.35 bits per heavy atom. The zero-order chi connectivity index (χ0) is 14.7. The second kappa shape index (κ2) is 5.90. The van der Waals surface area contributed by atoms with Crippen molar-refractivity contribution in [2.75, 3.05) is 0 Å². The Kier molecular flexibility index (Phi) is 4.22. The molecule has 2 aromatic rings. The minimum atomic E-state index is 0.00903. The molecule has 106 valence electrons. The van der Waals surface area contributed by atoms with Gasteiger partial charge in [-0.2, -0.15) is 15.3 Å². The number of aryl methyl sites for hydroxylation is 2. The highest BCUT2D eigenvalue weighted by molar-refractivity contribution is 5.98. The molecule has 2 rings (SSSR count). The van der Waals surface area contributed by atoms with Gasteiger partial charge in [0.1, 0.15) is 12.2 Å². The second-order valence-electron chi connectivity index (χ2n) is 5.01. The molecule has 0 spiro atoms. The predicted octanol–water partition coefficient (Wildman–Crippen LogP) is 1.95. The monoisotopic (exact) mass is 273 g/mol. The van der Waals surface area contributed by atoms with Crippen molar-refractivity contribution in [3.8, 4) is 0 Å². The van der Waals surface area contributed by atoms with Gasteiger partial charge in [-0.15, -0.1) is 0 Å². The lowest BCUT2D eigenvalue weighted by atomic mass is 10.0. The van der Waals surface area contributed by atoms with Gasteiger partial charge >= 0.3 is 0 Å². The van der Waals surface area contributed by atoms with E-state index in [2.05, 4.69) is 20.3 Å². The number of ketones is 1. The fraction of sp³-hybridized carbons (Fsp3) is 0.500. The number of nitrogens with zero attached hydrogens (tertiary/aromatic N) is 5. The third-order valence-electron chi connectivity index (χ3n) is 3.08. The number of carbonyl (C=O) groups excluding carboxylic acids is 1. The lowest BCUT2D eigenvalue weighted by Crippen LogP contribution is -2.15. The van der Waals surface area contributed by atoms with E-state index in [9.17, 15) is 4.79 Å². The molecule has 6 heteroatoms. The van der Waals surface area contributed by atoms with Crippen molar-refractivity contribution in [3.05, 3.63) is 35.2 Å². The molecular formula is C14H19N5O. The van der Waals surface area contributed by atoms with E-state index in [1.54, 1.807) is 10.7 Å². The molecule has 0 bridgehead atoms. The maximum atomic E-state index is 12.5. The van der Waals surface area contributed by atoms with Gasteiger partial charge in [0.2, 0.25) is 0 Å². The van der Waals surface area contributed by atoms with Crippen LogP contribution in [0.5, 0.6) is 0 Å². The fourth-order valence-electron chi connectivity index (χ4n) is 2.09. The minimum Gasteiger partial charge on any atom is -0.294 e. The molecular weight excluding hydrogens is 254 g/mol. The number of carbonyl (C=O) groups is 1. The fourth-order valence-corrected chi connectivity index (χ4v) is 2.09. The standard InChI is InChI=1S/C14H19N5O/c1-5-12-11(6-10(4)17-18-12)13(20)7-14-15-8-16-19(14)9(2)3/h6,8-9H,5,7H2,1-4H3. The summed E-state index contributed by atoms with van der Waals surface area (Å²) in [6, 6.07) is 1.98. The first-order chi connectivity index (χ1) is 9.52. The van der Waals surface area contributed by atoms with E-state index in [0.717, 1.165) is 11.4 Å². The molecule has 2 heterocycles. The molecule has 0 aliphatic heterocycles. The summed E-state index contributed by atoms with van der Waals surface area (Å²) in [5.74, 6) is 0.691. The Balaban J connectivity index is 2.28. The van der Waals surface area contributed by atoms with Gasteiger partial charge in [-0.05, 0) is 33.3 Å². The van der Waals surface area contributed by atoms with Crippen molar-refractivity contribution in [2.24, 2.45) is 0 Å². The van der Waals surface area contributed by atoms with Crippen LogP contribution in [0.4, 0.5) is 0 Å². The van der Waals surface area contributed by atoms with Crippen LogP contribution in [0.25, 0.3) is 0 Å². The third-order valence-corrected chi connectivity index (χ3v) is 3.08. The molecule has 0 saturated heterocycles. The highest BCUT2D eigenvalue weighted by Gasteiger charge is 2.17. The molecule has 6 nitrogen and oxygen atoms in total. The predicted molar refractivity (Wildman–Crippen MR) is 74.6 cm³/mol. The van der Waals surface area contributed by atoms with Crippen LogP contribution in [-0.4, -0.2) is 30.7 Å². The Labute approximate surface area is 118 Å². The van der Waals surface area contributed by atoms with Gasteiger partial charge in [0, 0.05) is 11.6 Å². The highest BCUT2D eigenvalue weighted by Crippen LogP contribution is 2.13. The molecule has 0 saturated carbocycles. The molecule has 0 atom stereocenters. The lowest BCUT2D eigenvalue weighted by molar-refractivity contribution is 0.0987. The smallest absolute Gasteiger partial charge is 0.172 e. The minimum absolute atomic E-state index is 0.00903. The van der Waals surface area contributed by atoms with Gasteiger partial charge in [-0.25, -0.2) is 9.67 Å². The first-order valence-electron chi connectivity index (χ1n) is 6.77. The van der Waals surface area contributed by atoms with E-state index in [1.807, 2.05) is 27.7 Å². The number of hydrogen-bond donors (Lipinski definition) is 0. The summed E-state index contributed by atoms with van der Waals surface area (Å²) in [4.78, 5) is 16.6. The van der Waals surface area contributed by atoms with Crippen molar-refractivity contribution in [3.63, 3.8) is 0 Å². The van der Waals surface area contributed by atoms with Gasteiger partial charge in [-0.3, -0.25) is 4.79 Å². The van der Waals surface area contributed by atoms with Crippen LogP contribution in [0, 0.1) is 6.92 Å². The molecule has 0 fully saturated rings. The van der Waals surface area contributed by atoms with Crippen LogP contribution < -0.4 is 0 Å². The van der Waals surface area contributed by atoms with Gasteiger partial charge in [-0.1, -0.05) is 6.92 Å². The topological polar surface area (TPSA) is 73.6 Å². The quantitative estimate of drug-likeness (QED) is 0.778. The Morgan fingerprint density at radius 2 is 2.10 bits per heavy atom. The van der Waals surface area contributed by atoms with Crippen LogP contribution in [0.3, 0.4) is 0 Å². The normalized spacial score (nSPS) is 11.1. The molecule has 0 aliphatic rings. The maximum absolute atomic E-state index is 12.5. The van der Waals surface area contributed by atoms with Crippen molar-refractivity contribution in [1.82, 2.24) is 25.0 Å². The number of aromatic nitrogens is 5. The van der Waals surface area contributed by atoms with Crippen LogP contribution >= 0.6 is 0 Å². The van der Waals surface area contributed by atoms with E-state index in [0.29, 0.717) is 17.8 Å². The number of hydrogen-bond acceptors (Lipinski definition) is 5. The second-order valence-corrected chi connectivity index (χ2v) is 5.01. The van der Waals surface area contributed by atoms with Gasteiger partial charge in [0.05, 0.1) is 17.8 Å². The van der Waals surface area contributed by atoms with Crippen molar-refractivity contribution in [2.45, 2.75) is 46.6 Å². The van der Waals surface area contributed by atoms with Crippen LogP contribution in [-0.2, 0) is 12.8 Å². The molecule has 0 amide bonds. The molecule has 0 aliphatic carbocycles. The molecule has 20 heavy (non-hydrogen) atoms. The Hall–Kier alpha value is -2.11. The maximum Gasteiger partial charge on any atom is 0.172 e. The summed E-state index contributed by atoms with van der Waals surface area (Å²) in [6.45, 7) is 7.82. The van der Waals surface area contributed by atoms with E-state index in [1.165, 1.54) is 6.33 Å². The lowest BCUT2D eigenvalue weighted by Gasteiger charge is -2.10. The Morgan fingerprint density at radius 3 is 2.75 bits per heavy atom. The molecule has 0 radical (unpaired) electrons. The van der Waals surface area contributed by atoms with E-state index in [-0.39, 0.29) is 18.2 Å². The molecule has 0 aromatic carbocycles. The van der Waals surface area contributed by atoms with Crippen molar-refractivity contribution < 1.29 is 4.79 Å². The van der Waals surface area contributed by atoms with E-state index >= 15 is 0 Å². The number of rotatable bonds is 5. The third kappa shape index (κ3) is 2.89. The average molecular weight is 273 g/mol. The van der Waals surface area contributed by atoms with Gasteiger partial charge in [0.15, 0.2) is 5.78 Å². The van der Waals surface area contributed by atoms with Gasteiger partial charge in [0.25, 0.3) is 0 Å². The average Bonchev–Trinajstić information content (AvgIpc) is 2.87.